The average Bonchev–Trinajstić information content (AvgIpc) is 3.06. The maximum Gasteiger partial charge on any atom is 0.355 e. The van der Waals surface area contributed by atoms with Crippen molar-refractivity contribution in [3.05, 3.63) is 22.5 Å². The molecule has 172 valence electrons. The number of carbonyl (C=O) groups excluding carboxylic acids is 3. The number of aryl methyl sites for hydroxylation is 1. The maximum atomic E-state index is 12.9. The van der Waals surface area contributed by atoms with Gasteiger partial charge in [-0.1, -0.05) is 19.3 Å². The van der Waals surface area contributed by atoms with Gasteiger partial charge in [0.25, 0.3) is 0 Å². The third kappa shape index (κ3) is 5.89. The van der Waals surface area contributed by atoms with Crippen molar-refractivity contribution in [2.75, 3.05) is 19.7 Å². The van der Waals surface area contributed by atoms with E-state index < -0.39 is 0 Å². The van der Waals surface area contributed by atoms with Gasteiger partial charge < -0.3 is 19.9 Å². The molecule has 2 fully saturated rings. The van der Waals surface area contributed by atoms with E-state index in [1.54, 1.807) is 6.92 Å². The number of nitrogens with one attached hydrogen (secondary N) is 2. The monoisotopic (exact) mass is 431 g/mol. The van der Waals surface area contributed by atoms with Gasteiger partial charge in [-0.25, -0.2) is 4.79 Å². The summed E-state index contributed by atoms with van der Waals surface area (Å²) < 4.78 is 5.10. The summed E-state index contributed by atoms with van der Waals surface area (Å²) in [6.07, 6.45) is 8.45. The summed E-state index contributed by atoms with van der Waals surface area (Å²) in [5.41, 5.74) is 3.23. The second kappa shape index (κ2) is 10.8. The molecule has 7 nitrogen and oxygen atoms in total. The van der Waals surface area contributed by atoms with Crippen molar-refractivity contribution >= 4 is 17.8 Å². The number of ether oxygens (including phenoxy) is 1. The Labute approximate surface area is 185 Å². The molecule has 2 heterocycles. The van der Waals surface area contributed by atoms with Crippen LogP contribution in [0.4, 0.5) is 0 Å². The summed E-state index contributed by atoms with van der Waals surface area (Å²) >= 11 is 0. The van der Waals surface area contributed by atoms with Gasteiger partial charge in [0.1, 0.15) is 5.69 Å². The summed E-state index contributed by atoms with van der Waals surface area (Å²) in [6, 6.07) is 0.306. The van der Waals surface area contributed by atoms with E-state index in [4.69, 9.17) is 4.74 Å². The molecular weight excluding hydrogens is 394 g/mol. The van der Waals surface area contributed by atoms with Crippen LogP contribution in [0.2, 0.25) is 0 Å². The van der Waals surface area contributed by atoms with Crippen molar-refractivity contribution in [3.63, 3.8) is 0 Å². The van der Waals surface area contributed by atoms with E-state index >= 15 is 0 Å². The Morgan fingerprint density at radius 3 is 2.55 bits per heavy atom. The Balaban J connectivity index is 1.53. The number of hydrogen-bond acceptors (Lipinski definition) is 4. The van der Waals surface area contributed by atoms with Gasteiger partial charge in [0, 0.05) is 31.2 Å². The molecule has 1 aliphatic heterocycles. The fourth-order valence-corrected chi connectivity index (χ4v) is 4.94. The molecule has 2 aliphatic rings. The molecule has 1 saturated heterocycles. The van der Waals surface area contributed by atoms with Crippen LogP contribution < -0.4 is 5.32 Å². The average molecular weight is 432 g/mol. The molecule has 1 atom stereocenters. The molecule has 7 heteroatoms. The van der Waals surface area contributed by atoms with E-state index in [1.807, 2.05) is 18.7 Å². The number of rotatable bonds is 7. The Morgan fingerprint density at radius 2 is 1.84 bits per heavy atom. The van der Waals surface area contributed by atoms with Gasteiger partial charge in [0.2, 0.25) is 11.8 Å². The number of H-pyrrole nitrogens is 1. The highest BCUT2D eigenvalue weighted by molar-refractivity contribution is 5.90. The van der Waals surface area contributed by atoms with Crippen LogP contribution in [-0.2, 0) is 20.7 Å². The first kappa shape index (κ1) is 23.4. The minimum atomic E-state index is -0.358. The predicted molar refractivity (Wildman–Crippen MR) is 119 cm³/mol. The zero-order valence-electron chi connectivity index (χ0n) is 19.2. The number of aromatic amines is 1. The number of carbonyl (C=O) groups is 3. The van der Waals surface area contributed by atoms with Crippen LogP contribution in [-0.4, -0.2) is 53.4 Å². The number of piperidine rings is 1. The molecule has 0 aromatic carbocycles. The molecule has 0 spiro atoms. The molecule has 2 N–H and O–H groups in total. The standard InChI is InChI=1S/C24H37N3O4/c1-4-31-24(30)22-16(2)20(17(3)25-22)12-13-21(28)27-14-8-9-18(15-27)23(29)26-19-10-6-5-7-11-19/h18-19,25H,4-15H2,1-3H3,(H,26,29). The van der Waals surface area contributed by atoms with E-state index in [0.717, 1.165) is 42.5 Å². The van der Waals surface area contributed by atoms with Crippen molar-refractivity contribution < 1.29 is 19.1 Å². The minimum Gasteiger partial charge on any atom is -0.461 e. The molecule has 2 amide bonds. The summed E-state index contributed by atoms with van der Waals surface area (Å²) in [5.74, 6) is -0.275. The van der Waals surface area contributed by atoms with Crippen LogP contribution in [0.5, 0.6) is 0 Å². The zero-order valence-corrected chi connectivity index (χ0v) is 19.2. The predicted octanol–water partition coefficient (Wildman–Crippen LogP) is 3.43. The maximum absolute atomic E-state index is 12.9. The van der Waals surface area contributed by atoms with Crippen LogP contribution >= 0.6 is 0 Å². The van der Waals surface area contributed by atoms with E-state index in [9.17, 15) is 14.4 Å². The molecule has 1 aliphatic carbocycles. The third-order valence-electron chi connectivity index (χ3n) is 6.76. The van der Waals surface area contributed by atoms with Crippen molar-refractivity contribution in [1.82, 2.24) is 15.2 Å². The molecule has 0 bridgehead atoms. The van der Waals surface area contributed by atoms with E-state index in [2.05, 4.69) is 10.3 Å². The largest absolute Gasteiger partial charge is 0.461 e. The highest BCUT2D eigenvalue weighted by atomic mass is 16.5. The van der Waals surface area contributed by atoms with Crippen LogP contribution in [0.3, 0.4) is 0 Å². The Morgan fingerprint density at radius 1 is 1.10 bits per heavy atom. The molecule has 0 radical (unpaired) electrons. The van der Waals surface area contributed by atoms with Gasteiger partial charge in [-0.15, -0.1) is 0 Å². The van der Waals surface area contributed by atoms with Gasteiger partial charge in [-0.3, -0.25) is 9.59 Å². The van der Waals surface area contributed by atoms with Crippen molar-refractivity contribution in [2.45, 2.75) is 84.6 Å². The number of amides is 2. The lowest BCUT2D eigenvalue weighted by Gasteiger charge is -2.33. The number of esters is 1. The number of hydrogen-bond donors (Lipinski definition) is 2. The van der Waals surface area contributed by atoms with Gasteiger partial charge in [0.05, 0.1) is 12.5 Å². The first-order chi connectivity index (χ1) is 14.9. The van der Waals surface area contributed by atoms with Crippen LogP contribution in [0.25, 0.3) is 0 Å². The van der Waals surface area contributed by atoms with Gasteiger partial charge >= 0.3 is 5.97 Å². The van der Waals surface area contributed by atoms with E-state index in [-0.39, 0.29) is 23.7 Å². The topological polar surface area (TPSA) is 91.5 Å². The van der Waals surface area contributed by atoms with Gasteiger partial charge in [-0.05, 0) is 64.0 Å². The summed E-state index contributed by atoms with van der Waals surface area (Å²) in [7, 11) is 0. The quantitative estimate of drug-likeness (QED) is 0.647. The van der Waals surface area contributed by atoms with Gasteiger partial charge in [0.15, 0.2) is 0 Å². The second-order valence-electron chi connectivity index (χ2n) is 8.97. The van der Waals surface area contributed by atoms with Crippen molar-refractivity contribution in [1.29, 1.82) is 0 Å². The number of likely N-dealkylation sites (tertiary alicyclic amines) is 1. The normalized spacial score (nSPS) is 19.8. The fourth-order valence-electron chi connectivity index (χ4n) is 4.94. The van der Waals surface area contributed by atoms with E-state index in [1.165, 1.54) is 19.3 Å². The van der Waals surface area contributed by atoms with Crippen LogP contribution in [0, 0.1) is 19.8 Å². The summed E-state index contributed by atoms with van der Waals surface area (Å²) in [5, 5.41) is 3.22. The second-order valence-corrected chi connectivity index (χ2v) is 8.97. The molecular formula is C24H37N3O4. The Kier molecular flexibility index (Phi) is 8.15. The zero-order chi connectivity index (χ0) is 22.4. The first-order valence-electron chi connectivity index (χ1n) is 11.8. The lowest BCUT2D eigenvalue weighted by Crippen LogP contribution is -2.48. The van der Waals surface area contributed by atoms with Crippen molar-refractivity contribution in [3.8, 4) is 0 Å². The lowest BCUT2D eigenvalue weighted by molar-refractivity contribution is -0.136. The third-order valence-corrected chi connectivity index (χ3v) is 6.76. The Bertz CT molecular complexity index is 795. The van der Waals surface area contributed by atoms with Crippen LogP contribution in [0.1, 0.15) is 85.6 Å². The van der Waals surface area contributed by atoms with Crippen molar-refractivity contribution in [2.24, 2.45) is 5.92 Å². The molecule has 31 heavy (non-hydrogen) atoms. The highest BCUT2D eigenvalue weighted by Crippen LogP contribution is 2.23. The molecule has 1 aromatic heterocycles. The number of aromatic nitrogens is 1. The highest BCUT2D eigenvalue weighted by Gasteiger charge is 2.30. The lowest BCUT2D eigenvalue weighted by atomic mass is 9.92. The molecule has 1 saturated carbocycles. The minimum absolute atomic E-state index is 0.0767. The SMILES string of the molecule is CCOC(=O)c1[nH]c(C)c(CCC(=O)N2CCCC(C(=O)NC3CCCCC3)C2)c1C. The van der Waals surface area contributed by atoms with Crippen LogP contribution in [0.15, 0.2) is 0 Å². The summed E-state index contributed by atoms with van der Waals surface area (Å²) in [4.78, 5) is 42.7. The summed E-state index contributed by atoms with van der Waals surface area (Å²) in [6.45, 7) is 7.14. The Hall–Kier alpha value is -2.31. The smallest absolute Gasteiger partial charge is 0.355 e. The fraction of sp³-hybridized carbons (Fsp3) is 0.708. The molecule has 1 aromatic rings. The van der Waals surface area contributed by atoms with E-state index in [0.29, 0.717) is 44.3 Å². The number of nitrogens with zero attached hydrogens (tertiary/aromatic N) is 1. The van der Waals surface area contributed by atoms with Gasteiger partial charge in [-0.2, -0.15) is 0 Å². The first-order valence-corrected chi connectivity index (χ1v) is 11.8. The molecule has 1 unspecified atom stereocenters. The molecule has 3 rings (SSSR count).